The molecule has 1 heterocycles. The van der Waals surface area contributed by atoms with Gasteiger partial charge in [-0.1, -0.05) is 0 Å². The molecule has 0 amide bonds. The molecule has 0 unspecified atom stereocenters. The van der Waals surface area contributed by atoms with Gasteiger partial charge in [-0.25, -0.2) is 0 Å². The molecule has 0 bridgehead atoms. The topological polar surface area (TPSA) is 252 Å². The summed E-state index contributed by atoms with van der Waals surface area (Å²) in [4.78, 5) is 40.3. The van der Waals surface area contributed by atoms with Crippen LogP contribution in [0.15, 0.2) is 5.11 Å². The Morgan fingerprint density at radius 2 is 1.57 bits per heavy atom. The van der Waals surface area contributed by atoms with E-state index in [1.165, 1.54) is 0 Å². The van der Waals surface area contributed by atoms with E-state index in [4.69, 9.17) is 5.53 Å². The summed E-state index contributed by atoms with van der Waals surface area (Å²) in [6, 6.07) is 0. The van der Waals surface area contributed by atoms with Crippen LogP contribution in [0.5, 0.6) is 0 Å². The molecule has 0 saturated carbocycles. The van der Waals surface area contributed by atoms with E-state index in [1.54, 1.807) is 0 Å². The lowest BCUT2D eigenvalue weighted by molar-refractivity contribution is -1.01. The van der Waals surface area contributed by atoms with Crippen LogP contribution in [0.2, 0.25) is 0 Å². The highest BCUT2D eigenvalue weighted by molar-refractivity contribution is 5.21. The molecule has 0 saturated heterocycles. The quantitative estimate of drug-likeness (QED) is 0.163. The van der Waals surface area contributed by atoms with Gasteiger partial charge >= 0.3 is 17.8 Å². The Bertz CT molecular complexity index is 661. The van der Waals surface area contributed by atoms with E-state index in [0.717, 1.165) is 0 Å². The van der Waals surface area contributed by atoms with Crippen molar-refractivity contribution in [3.63, 3.8) is 0 Å². The van der Waals surface area contributed by atoms with Gasteiger partial charge in [0.05, 0.1) is 5.10 Å². The highest BCUT2D eigenvalue weighted by atomic mass is 16.7. The predicted octanol–water partition coefficient (Wildman–Crippen LogP) is -0.474. The van der Waals surface area contributed by atoms with E-state index in [0.29, 0.717) is 0 Å². The minimum atomic E-state index is -4.37. The number of hydrogen-bond donors (Lipinski definition) is 0. The third-order valence-electron chi connectivity index (χ3n) is 1.90. The van der Waals surface area contributed by atoms with E-state index in [2.05, 4.69) is 15.2 Å². The maximum Gasteiger partial charge on any atom is 0.835 e. The zero-order chi connectivity index (χ0) is 16.4. The molecule has 0 spiro atoms. The Morgan fingerprint density at radius 1 is 1.10 bits per heavy atom. The molecule has 0 aliphatic heterocycles. The normalized spacial score (nSPS) is 10.5. The van der Waals surface area contributed by atoms with Gasteiger partial charge in [0.2, 0.25) is 14.8 Å². The molecule has 0 aliphatic carbocycles. The molecular formula is C3N10O8. The van der Waals surface area contributed by atoms with Crippen LogP contribution in [0.3, 0.4) is 0 Å². The van der Waals surface area contributed by atoms with Crippen molar-refractivity contribution in [3.8, 4) is 0 Å². The van der Waals surface area contributed by atoms with E-state index in [1.807, 2.05) is 4.91 Å². The lowest BCUT2D eigenvalue weighted by Gasteiger charge is -2.05. The smallest absolute Gasteiger partial charge is 0.390 e. The van der Waals surface area contributed by atoms with Gasteiger partial charge in [-0.15, -0.1) is 0 Å². The molecule has 0 fully saturated rings. The van der Waals surface area contributed by atoms with E-state index in [-0.39, 0.29) is 0 Å². The van der Waals surface area contributed by atoms with Crippen molar-refractivity contribution in [2.75, 3.05) is 0 Å². The van der Waals surface area contributed by atoms with Crippen molar-refractivity contribution in [1.29, 1.82) is 0 Å². The first kappa shape index (κ1) is 15.1. The highest BCUT2D eigenvalue weighted by Gasteiger charge is 2.78. The molecule has 0 radical (unpaired) electrons. The van der Waals surface area contributed by atoms with E-state index < -0.39 is 42.2 Å². The first-order valence-electron chi connectivity index (χ1n) is 4.30. The summed E-state index contributed by atoms with van der Waals surface area (Å²) >= 11 is 0. The van der Waals surface area contributed by atoms with Gasteiger partial charge in [-0.05, 0) is 15.4 Å². The van der Waals surface area contributed by atoms with Crippen LogP contribution < -0.4 is 0 Å². The second-order valence-corrected chi connectivity index (χ2v) is 2.94. The van der Waals surface area contributed by atoms with Gasteiger partial charge in [0.1, 0.15) is 0 Å². The summed E-state index contributed by atoms with van der Waals surface area (Å²) < 4.78 is -0.662. The fourth-order valence-electron chi connectivity index (χ4n) is 1.11. The maximum absolute atomic E-state index is 10.8. The Hall–Kier alpha value is -3.95. The fraction of sp³-hybridized carbons (Fsp3) is 0.333. The monoisotopic (exact) mass is 304 g/mol. The molecule has 0 atom stereocenters. The molecule has 110 valence electrons. The summed E-state index contributed by atoms with van der Waals surface area (Å²) in [5, 5.41) is 48.0. The Morgan fingerprint density at radius 3 is 1.90 bits per heavy atom. The number of rotatable bonds is 6. The minimum absolute atomic E-state index is 0.662. The Balaban J connectivity index is 3.85. The average Bonchev–Trinajstić information content (AvgIpc) is 2.73. The van der Waals surface area contributed by atoms with E-state index in [9.17, 15) is 40.5 Å². The predicted molar refractivity (Wildman–Crippen MR) is 54.4 cm³/mol. The zero-order valence-corrected chi connectivity index (χ0v) is 9.24. The highest BCUT2D eigenvalue weighted by Crippen LogP contribution is 2.26. The van der Waals surface area contributed by atoms with E-state index >= 15 is 0 Å². The second-order valence-electron chi connectivity index (χ2n) is 2.94. The van der Waals surface area contributed by atoms with Crippen molar-refractivity contribution in [2.24, 2.45) is 5.11 Å². The van der Waals surface area contributed by atoms with Crippen LogP contribution in [0.4, 0.5) is 11.9 Å². The largest absolute Gasteiger partial charge is 0.835 e. The number of aromatic nitrogens is 3. The maximum atomic E-state index is 10.8. The molecule has 18 nitrogen and oxygen atoms in total. The van der Waals surface area contributed by atoms with Crippen molar-refractivity contribution in [1.82, 2.24) is 14.8 Å². The SMILES string of the molecule is [N-]=[N+]=Nc1nc([N+](=O)[O-])nn1C([N+](=O)[O-])([N+](=O)[O-])[N+](=O)[O-]. The summed E-state index contributed by atoms with van der Waals surface area (Å²) in [7, 11) is 0. The van der Waals surface area contributed by atoms with Gasteiger partial charge in [0.25, 0.3) is 0 Å². The first-order valence-corrected chi connectivity index (χ1v) is 4.30. The van der Waals surface area contributed by atoms with Crippen LogP contribution in [-0.4, -0.2) is 34.5 Å². The third-order valence-corrected chi connectivity index (χ3v) is 1.90. The molecule has 1 rings (SSSR count). The average molecular weight is 304 g/mol. The summed E-state index contributed by atoms with van der Waals surface area (Å²) in [6.07, 6.45) is 0. The van der Waals surface area contributed by atoms with Crippen LogP contribution in [0, 0.1) is 40.5 Å². The molecule has 1 aromatic rings. The van der Waals surface area contributed by atoms with Crippen molar-refractivity contribution in [2.45, 2.75) is 5.91 Å². The van der Waals surface area contributed by atoms with Crippen LogP contribution in [0.25, 0.3) is 10.4 Å². The van der Waals surface area contributed by atoms with Gasteiger partial charge in [-0.3, -0.25) is 30.3 Å². The van der Waals surface area contributed by atoms with Gasteiger partial charge in [0, 0.05) is 14.7 Å². The minimum Gasteiger partial charge on any atom is -0.390 e. The molecule has 0 aromatic carbocycles. The van der Waals surface area contributed by atoms with Gasteiger partial charge in [0.15, 0.2) is 0 Å². The molecule has 0 aliphatic rings. The third kappa shape index (κ3) is 2.08. The summed E-state index contributed by atoms with van der Waals surface area (Å²) in [6.45, 7) is 0. The standard InChI is InChI=1S/C3N10O8/c4-8-6-1-5-2(10(14)15)7-9(1)3(11(16)17,12(18)19)13(20)21. The number of nitro groups is 4. The Kier molecular flexibility index (Phi) is 3.57. The van der Waals surface area contributed by atoms with Crippen LogP contribution >= 0.6 is 0 Å². The molecule has 21 heavy (non-hydrogen) atoms. The van der Waals surface area contributed by atoms with Crippen LogP contribution in [-0.2, 0) is 5.91 Å². The lowest BCUT2D eigenvalue weighted by atomic mass is 10.6. The molecule has 18 heteroatoms. The molecule has 0 N–H and O–H groups in total. The summed E-state index contributed by atoms with van der Waals surface area (Å²) in [5.41, 5.74) is 8.17. The number of hydrogen-bond acceptors (Lipinski definition) is 11. The fourth-order valence-corrected chi connectivity index (χ4v) is 1.11. The number of azide groups is 1. The second kappa shape index (κ2) is 4.97. The van der Waals surface area contributed by atoms with Crippen molar-refractivity contribution < 1.29 is 19.7 Å². The summed E-state index contributed by atoms with van der Waals surface area (Å²) in [5.74, 6) is -7.23. The Labute approximate surface area is 109 Å². The van der Waals surface area contributed by atoms with Gasteiger partial charge in [-0.2, -0.15) is 0 Å². The van der Waals surface area contributed by atoms with Crippen molar-refractivity contribution >= 4 is 11.9 Å². The molecular weight excluding hydrogens is 304 g/mol. The first-order chi connectivity index (χ1) is 9.69. The van der Waals surface area contributed by atoms with Crippen LogP contribution in [0.1, 0.15) is 0 Å². The van der Waals surface area contributed by atoms with Crippen molar-refractivity contribution in [3.05, 3.63) is 50.9 Å². The molecule has 1 aromatic heterocycles. The lowest BCUT2D eigenvalue weighted by Crippen LogP contribution is -2.55. The van der Waals surface area contributed by atoms with Gasteiger partial charge < -0.3 is 10.1 Å². The number of nitrogens with zero attached hydrogens (tertiary/aromatic N) is 10. The zero-order valence-electron chi connectivity index (χ0n) is 9.24.